The molecule has 7 heteroatoms. The molecule has 1 N–H and O–H groups in total. The first-order valence-corrected chi connectivity index (χ1v) is 8.29. The molecule has 2 heterocycles. The third kappa shape index (κ3) is 5.14. The van der Waals surface area contributed by atoms with Crippen molar-refractivity contribution < 1.29 is 9.53 Å². The fourth-order valence-corrected chi connectivity index (χ4v) is 3.49. The van der Waals surface area contributed by atoms with Crippen molar-refractivity contribution in [2.45, 2.75) is 19.5 Å². The van der Waals surface area contributed by atoms with E-state index in [0.29, 0.717) is 6.61 Å². The molecule has 0 spiro atoms. The predicted octanol–water partition coefficient (Wildman–Crippen LogP) is 2.26. The van der Waals surface area contributed by atoms with Gasteiger partial charge in [0.15, 0.2) is 0 Å². The van der Waals surface area contributed by atoms with Gasteiger partial charge in [-0.2, -0.15) is 0 Å². The van der Waals surface area contributed by atoms with E-state index in [-0.39, 0.29) is 12.1 Å². The summed E-state index contributed by atoms with van der Waals surface area (Å²) in [5.74, 6) is 0. The van der Waals surface area contributed by atoms with Crippen molar-refractivity contribution in [1.29, 1.82) is 0 Å². The van der Waals surface area contributed by atoms with Crippen LogP contribution in [-0.2, 0) is 11.3 Å². The second-order valence-electron chi connectivity index (χ2n) is 5.27. The van der Waals surface area contributed by atoms with Crippen molar-refractivity contribution >= 4 is 29.0 Å². The van der Waals surface area contributed by atoms with E-state index in [1.54, 1.807) is 18.4 Å². The van der Waals surface area contributed by atoms with Crippen LogP contribution in [-0.4, -0.2) is 61.8 Å². The predicted molar refractivity (Wildman–Crippen MR) is 86.0 cm³/mol. The maximum absolute atomic E-state index is 12.1. The lowest BCUT2D eigenvalue weighted by Gasteiger charge is -2.35. The van der Waals surface area contributed by atoms with Gasteiger partial charge in [0.1, 0.15) is 0 Å². The van der Waals surface area contributed by atoms with Gasteiger partial charge in [-0.1, -0.05) is 11.6 Å². The molecule has 1 aliphatic heterocycles. The Kier molecular flexibility index (Phi) is 6.29. The molecule has 0 aromatic carbocycles. The van der Waals surface area contributed by atoms with Crippen LogP contribution in [0.5, 0.6) is 0 Å². The molecule has 0 saturated carbocycles. The third-order valence-electron chi connectivity index (χ3n) is 3.45. The highest BCUT2D eigenvalue weighted by Gasteiger charge is 2.22. The quantitative estimate of drug-likeness (QED) is 0.900. The highest BCUT2D eigenvalue weighted by Crippen LogP contribution is 2.23. The zero-order valence-corrected chi connectivity index (χ0v) is 14.0. The van der Waals surface area contributed by atoms with Crippen LogP contribution < -0.4 is 5.32 Å². The van der Waals surface area contributed by atoms with E-state index in [4.69, 9.17) is 16.3 Å². The third-order valence-corrected chi connectivity index (χ3v) is 4.67. The molecular weight excluding hydrogens is 310 g/mol. The van der Waals surface area contributed by atoms with Crippen molar-refractivity contribution in [3.63, 3.8) is 0 Å². The number of halogens is 1. The number of piperazine rings is 1. The molecule has 1 aromatic heterocycles. The van der Waals surface area contributed by atoms with Crippen molar-refractivity contribution in [2.24, 2.45) is 0 Å². The zero-order chi connectivity index (χ0) is 15.2. The maximum atomic E-state index is 12.1. The second kappa shape index (κ2) is 7.98. The summed E-state index contributed by atoms with van der Waals surface area (Å²) in [7, 11) is 1.64. The molecule has 1 fully saturated rings. The number of urea groups is 1. The Hall–Kier alpha value is -0.820. The number of carbonyl (C=O) groups excluding carboxylic acids is 1. The minimum atomic E-state index is -0.00151. The monoisotopic (exact) mass is 331 g/mol. The topological polar surface area (TPSA) is 44.8 Å². The highest BCUT2D eigenvalue weighted by molar-refractivity contribution is 7.16. The van der Waals surface area contributed by atoms with Gasteiger partial charge < -0.3 is 15.0 Å². The van der Waals surface area contributed by atoms with Crippen LogP contribution in [0.1, 0.15) is 11.8 Å². The number of nitrogens with one attached hydrogen (secondary N) is 1. The minimum Gasteiger partial charge on any atom is -0.383 e. The molecular formula is C14H22ClN3O2S. The molecule has 0 unspecified atom stereocenters. The van der Waals surface area contributed by atoms with Gasteiger partial charge in [0.25, 0.3) is 0 Å². The Labute approximate surface area is 134 Å². The molecule has 118 valence electrons. The van der Waals surface area contributed by atoms with Crippen LogP contribution in [0.15, 0.2) is 12.1 Å². The number of thiophene rings is 1. The van der Waals surface area contributed by atoms with Gasteiger partial charge in [0, 0.05) is 44.7 Å². The Balaban J connectivity index is 1.73. The van der Waals surface area contributed by atoms with Crippen LogP contribution in [0.2, 0.25) is 4.34 Å². The van der Waals surface area contributed by atoms with E-state index >= 15 is 0 Å². The average Bonchev–Trinajstić information content (AvgIpc) is 2.85. The molecule has 2 rings (SSSR count). The highest BCUT2D eigenvalue weighted by atomic mass is 35.5. The van der Waals surface area contributed by atoms with Gasteiger partial charge in [-0.25, -0.2) is 4.79 Å². The van der Waals surface area contributed by atoms with Gasteiger partial charge in [-0.05, 0) is 19.1 Å². The first-order valence-electron chi connectivity index (χ1n) is 7.09. The summed E-state index contributed by atoms with van der Waals surface area (Å²) in [6.07, 6.45) is 0. The van der Waals surface area contributed by atoms with E-state index in [9.17, 15) is 4.79 Å². The number of hydrogen-bond donors (Lipinski definition) is 1. The minimum absolute atomic E-state index is 0.00151. The molecule has 1 aliphatic rings. The fourth-order valence-electron chi connectivity index (χ4n) is 2.36. The normalized spacial score (nSPS) is 17.8. The van der Waals surface area contributed by atoms with Gasteiger partial charge >= 0.3 is 6.03 Å². The Morgan fingerprint density at radius 2 is 2.14 bits per heavy atom. The van der Waals surface area contributed by atoms with Gasteiger partial charge in [-0.3, -0.25) is 4.90 Å². The number of methoxy groups -OCH3 is 1. The van der Waals surface area contributed by atoms with E-state index in [2.05, 4.69) is 16.3 Å². The molecule has 1 saturated heterocycles. The lowest BCUT2D eigenvalue weighted by Crippen LogP contribution is -2.53. The molecule has 1 atom stereocenters. The number of ether oxygens (including phenoxy) is 1. The van der Waals surface area contributed by atoms with Crippen LogP contribution >= 0.6 is 22.9 Å². The van der Waals surface area contributed by atoms with E-state index in [1.807, 2.05) is 17.9 Å². The van der Waals surface area contributed by atoms with Crippen LogP contribution in [0.3, 0.4) is 0 Å². The van der Waals surface area contributed by atoms with Crippen LogP contribution in [0.4, 0.5) is 4.79 Å². The largest absolute Gasteiger partial charge is 0.383 e. The molecule has 5 nitrogen and oxygen atoms in total. The van der Waals surface area contributed by atoms with Gasteiger partial charge in [0.05, 0.1) is 17.0 Å². The lowest BCUT2D eigenvalue weighted by atomic mass is 10.3. The van der Waals surface area contributed by atoms with Crippen LogP contribution in [0, 0.1) is 0 Å². The summed E-state index contributed by atoms with van der Waals surface area (Å²) >= 11 is 7.56. The van der Waals surface area contributed by atoms with Crippen molar-refractivity contribution in [3.8, 4) is 0 Å². The van der Waals surface area contributed by atoms with Crippen molar-refractivity contribution in [3.05, 3.63) is 21.3 Å². The molecule has 1 aromatic rings. The number of nitrogens with zero attached hydrogens (tertiary/aromatic N) is 2. The van der Waals surface area contributed by atoms with Gasteiger partial charge in [-0.15, -0.1) is 11.3 Å². The number of amides is 2. The summed E-state index contributed by atoms with van der Waals surface area (Å²) in [6, 6.07) is 4.04. The Morgan fingerprint density at radius 3 is 2.71 bits per heavy atom. The summed E-state index contributed by atoms with van der Waals surface area (Å²) in [6.45, 7) is 6.68. The van der Waals surface area contributed by atoms with Crippen molar-refractivity contribution in [1.82, 2.24) is 15.1 Å². The van der Waals surface area contributed by atoms with E-state index < -0.39 is 0 Å². The summed E-state index contributed by atoms with van der Waals surface area (Å²) in [4.78, 5) is 17.6. The van der Waals surface area contributed by atoms with Crippen molar-refractivity contribution in [2.75, 3.05) is 39.9 Å². The fraction of sp³-hybridized carbons (Fsp3) is 0.643. The van der Waals surface area contributed by atoms with E-state index in [0.717, 1.165) is 37.1 Å². The SMILES string of the molecule is COC[C@@H](C)NC(=O)N1CCN(Cc2ccc(Cl)s2)CC1. The first kappa shape index (κ1) is 16.5. The zero-order valence-electron chi connectivity index (χ0n) is 12.5. The number of hydrogen-bond acceptors (Lipinski definition) is 4. The Bertz CT molecular complexity index is 461. The first-order chi connectivity index (χ1) is 10.1. The Morgan fingerprint density at radius 1 is 1.43 bits per heavy atom. The second-order valence-corrected chi connectivity index (χ2v) is 7.07. The standard InChI is InChI=1S/C14H22ClN3O2S/c1-11(10-20-2)16-14(19)18-7-5-17(6-8-18)9-12-3-4-13(15)21-12/h3-4,11H,5-10H2,1-2H3,(H,16,19)/t11-/m1/s1. The summed E-state index contributed by atoms with van der Waals surface area (Å²) < 4.78 is 5.86. The molecule has 21 heavy (non-hydrogen) atoms. The molecule has 0 bridgehead atoms. The average molecular weight is 332 g/mol. The van der Waals surface area contributed by atoms with Gasteiger partial charge in [0.2, 0.25) is 0 Å². The number of rotatable bonds is 5. The maximum Gasteiger partial charge on any atom is 0.317 e. The molecule has 0 aliphatic carbocycles. The summed E-state index contributed by atoms with van der Waals surface area (Å²) in [5, 5.41) is 2.95. The smallest absolute Gasteiger partial charge is 0.317 e. The lowest BCUT2D eigenvalue weighted by molar-refractivity contribution is 0.126. The molecule has 2 amide bonds. The number of carbonyl (C=O) groups is 1. The van der Waals surface area contributed by atoms with E-state index in [1.165, 1.54) is 4.88 Å². The van der Waals surface area contributed by atoms with Crippen LogP contribution in [0.25, 0.3) is 0 Å². The summed E-state index contributed by atoms with van der Waals surface area (Å²) in [5.41, 5.74) is 0. The molecule has 0 radical (unpaired) electrons.